The van der Waals surface area contributed by atoms with Gasteiger partial charge in [-0.3, -0.25) is 9.59 Å². The average molecular weight is 340 g/mol. The molecule has 3 aromatic carbocycles. The number of benzene rings is 3. The predicted octanol–water partition coefficient (Wildman–Crippen LogP) is 4.68. The first-order valence-corrected chi connectivity index (χ1v) is 8.34. The van der Waals surface area contributed by atoms with Gasteiger partial charge in [0.25, 0.3) is 0 Å². The van der Waals surface area contributed by atoms with Gasteiger partial charge in [0, 0.05) is 16.7 Å². The summed E-state index contributed by atoms with van der Waals surface area (Å²) < 4.78 is 5.90. The van der Waals surface area contributed by atoms with Crippen molar-refractivity contribution in [2.75, 3.05) is 0 Å². The molecule has 0 aliphatic heterocycles. The van der Waals surface area contributed by atoms with Crippen LogP contribution in [0.15, 0.2) is 73.3 Å². The zero-order valence-electron chi connectivity index (χ0n) is 14.1. The summed E-state index contributed by atoms with van der Waals surface area (Å²) in [6.07, 6.45) is 1.78. The number of hydrogen-bond donors (Lipinski definition) is 0. The summed E-state index contributed by atoms with van der Waals surface area (Å²) in [7, 11) is 0. The Hall–Kier alpha value is -3.46. The van der Waals surface area contributed by atoms with E-state index in [1.54, 1.807) is 48.5 Å². The third-order valence-electron chi connectivity index (χ3n) is 4.52. The molecule has 0 N–H and O–H groups in total. The Bertz CT molecular complexity index is 1030. The molecule has 0 aromatic heterocycles. The fraction of sp³-hybridized carbons (Fsp3) is 0.0435. The molecule has 0 saturated carbocycles. The zero-order chi connectivity index (χ0) is 18.1. The van der Waals surface area contributed by atoms with E-state index < -0.39 is 0 Å². The van der Waals surface area contributed by atoms with Crippen molar-refractivity contribution in [3.63, 3.8) is 0 Å². The second-order valence-electron chi connectivity index (χ2n) is 6.12. The van der Waals surface area contributed by atoms with Gasteiger partial charge in [-0.2, -0.15) is 0 Å². The van der Waals surface area contributed by atoms with Crippen LogP contribution in [0, 0.1) is 0 Å². The third-order valence-corrected chi connectivity index (χ3v) is 4.52. The molecule has 3 heteroatoms. The van der Waals surface area contributed by atoms with E-state index in [-0.39, 0.29) is 11.6 Å². The summed E-state index contributed by atoms with van der Waals surface area (Å²) in [6, 6.07) is 19.9. The molecular weight excluding hydrogens is 324 g/mol. The van der Waals surface area contributed by atoms with Crippen molar-refractivity contribution in [1.82, 2.24) is 0 Å². The molecule has 26 heavy (non-hydrogen) atoms. The average Bonchev–Trinajstić information content (AvgIpc) is 2.70. The normalized spacial score (nSPS) is 12.3. The van der Waals surface area contributed by atoms with Crippen molar-refractivity contribution < 1.29 is 14.3 Å². The Morgan fingerprint density at radius 1 is 0.769 bits per heavy atom. The molecule has 0 amide bonds. The minimum atomic E-state index is -0.173. The Morgan fingerprint density at radius 2 is 1.42 bits per heavy atom. The number of hydrogen-bond acceptors (Lipinski definition) is 3. The molecule has 0 atom stereocenters. The molecule has 0 spiro atoms. The zero-order valence-corrected chi connectivity index (χ0v) is 14.1. The molecule has 1 aliphatic rings. The highest BCUT2D eigenvalue weighted by atomic mass is 16.5. The molecule has 0 heterocycles. The van der Waals surface area contributed by atoms with E-state index in [0.29, 0.717) is 34.6 Å². The quantitative estimate of drug-likeness (QED) is 0.541. The van der Waals surface area contributed by atoms with Crippen LogP contribution in [0.3, 0.4) is 0 Å². The molecule has 0 fully saturated rings. The van der Waals surface area contributed by atoms with Crippen molar-refractivity contribution >= 4 is 17.6 Å². The molecule has 0 radical (unpaired) electrons. The van der Waals surface area contributed by atoms with Crippen LogP contribution in [0.1, 0.15) is 43.0 Å². The summed E-state index contributed by atoms with van der Waals surface area (Å²) in [5.41, 5.74) is 3.62. The molecule has 3 nitrogen and oxygen atoms in total. The highest BCUT2D eigenvalue weighted by molar-refractivity contribution is 6.29. The van der Waals surface area contributed by atoms with Crippen LogP contribution in [0.2, 0.25) is 0 Å². The van der Waals surface area contributed by atoms with E-state index in [1.807, 2.05) is 24.3 Å². The first-order chi connectivity index (χ1) is 12.7. The third kappa shape index (κ3) is 2.64. The molecule has 1 aliphatic carbocycles. The summed E-state index contributed by atoms with van der Waals surface area (Å²) in [6.45, 7) is 4.05. The lowest BCUT2D eigenvalue weighted by Crippen LogP contribution is -2.21. The van der Waals surface area contributed by atoms with Crippen molar-refractivity contribution in [3.05, 3.63) is 107 Å². The first-order valence-electron chi connectivity index (χ1n) is 8.34. The van der Waals surface area contributed by atoms with Crippen molar-refractivity contribution in [2.45, 2.75) is 6.61 Å². The van der Waals surface area contributed by atoms with Crippen LogP contribution in [-0.2, 0) is 6.61 Å². The second-order valence-corrected chi connectivity index (χ2v) is 6.12. The van der Waals surface area contributed by atoms with Gasteiger partial charge in [0.05, 0.1) is 5.56 Å². The SMILES string of the molecule is C=Cc1ccc(COc2cccc3c2C(=O)c2ccccc2C3=O)cc1. The van der Waals surface area contributed by atoms with Crippen molar-refractivity contribution in [1.29, 1.82) is 0 Å². The predicted molar refractivity (Wildman–Crippen MR) is 101 cm³/mol. The highest BCUT2D eigenvalue weighted by Gasteiger charge is 2.31. The largest absolute Gasteiger partial charge is 0.488 e. The minimum absolute atomic E-state index is 0.143. The van der Waals surface area contributed by atoms with Gasteiger partial charge in [0.2, 0.25) is 0 Å². The maximum Gasteiger partial charge on any atom is 0.198 e. The maximum atomic E-state index is 12.9. The lowest BCUT2D eigenvalue weighted by atomic mass is 9.83. The fourth-order valence-corrected chi connectivity index (χ4v) is 3.14. The van der Waals surface area contributed by atoms with E-state index in [0.717, 1.165) is 11.1 Å². The van der Waals surface area contributed by atoms with Gasteiger partial charge in [-0.15, -0.1) is 0 Å². The highest BCUT2D eigenvalue weighted by Crippen LogP contribution is 2.33. The van der Waals surface area contributed by atoms with Gasteiger partial charge >= 0.3 is 0 Å². The number of carbonyl (C=O) groups is 2. The van der Waals surface area contributed by atoms with Gasteiger partial charge < -0.3 is 4.74 Å². The minimum Gasteiger partial charge on any atom is -0.488 e. The number of fused-ring (bicyclic) bond motifs is 2. The van der Waals surface area contributed by atoms with Crippen LogP contribution >= 0.6 is 0 Å². The van der Waals surface area contributed by atoms with E-state index in [1.165, 1.54) is 0 Å². The summed E-state index contributed by atoms with van der Waals surface area (Å²) >= 11 is 0. The Balaban J connectivity index is 1.68. The Morgan fingerprint density at radius 3 is 2.12 bits per heavy atom. The van der Waals surface area contributed by atoms with Crippen LogP contribution in [0.5, 0.6) is 5.75 Å². The number of ketones is 2. The molecule has 0 bridgehead atoms. The summed E-state index contributed by atoms with van der Waals surface area (Å²) in [5.74, 6) is 0.118. The van der Waals surface area contributed by atoms with E-state index >= 15 is 0 Å². The molecule has 0 saturated heterocycles. The van der Waals surface area contributed by atoms with Gasteiger partial charge in [-0.25, -0.2) is 0 Å². The van der Waals surface area contributed by atoms with Crippen LogP contribution in [0.4, 0.5) is 0 Å². The first kappa shape index (κ1) is 16.0. The standard InChI is InChI=1S/C23H16O3/c1-2-15-10-12-16(13-11-15)14-26-20-9-5-8-19-21(20)23(25)18-7-4-3-6-17(18)22(19)24/h2-13H,1,14H2. The van der Waals surface area contributed by atoms with Crippen LogP contribution in [0.25, 0.3) is 6.08 Å². The molecule has 4 rings (SSSR count). The van der Waals surface area contributed by atoms with Gasteiger partial charge in [0.1, 0.15) is 12.4 Å². The van der Waals surface area contributed by atoms with Crippen molar-refractivity contribution in [2.24, 2.45) is 0 Å². The van der Waals surface area contributed by atoms with E-state index in [2.05, 4.69) is 6.58 Å². The molecule has 3 aromatic rings. The van der Waals surface area contributed by atoms with Gasteiger partial charge in [-0.05, 0) is 17.2 Å². The molecular formula is C23H16O3. The summed E-state index contributed by atoms with van der Waals surface area (Å²) in [5, 5.41) is 0. The lowest BCUT2D eigenvalue weighted by Gasteiger charge is -2.20. The second kappa shape index (κ2) is 6.45. The topological polar surface area (TPSA) is 43.4 Å². The fourth-order valence-electron chi connectivity index (χ4n) is 3.14. The van der Waals surface area contributed by atoms with Gasteiger partial charge in [0.15, 0.2) is 11.6 Å². The smallest absolute Gasteiger partial charge is 0.198 e. The Labute approximate surface area is 151 Å². The van der Waals surface area contributed by atoms with Crippen molar-refractivity contribution in [3.8, 4) is 5.75 Å². The number of rotatable bonds is 4. The summed E-state index contributed by atoms with van der Waals surface area (Å²) in [4.78, 5) is 25.7. The number of carbonyl (C=O) groups excluding carboxylic acids is 2. The molecule has 126 valence electrons. The maximum absolute atomic E-state index is 12.9. The van der Waals surface area contributed by atoms with Crippen LogP contribution < -0.4 is 4.74 Å². The van der Waals surface area contributed by atoms with Crippen LogP contribution in [-0.4, -0.2) is 11.6 Å². The monoisotopic (exact) mass is 340 g/mol. The van der Waals surface area contributed by atoms with E-state index in [4.69, 9.17) is 4.74 Å². The lowest BCUT2D eigenvalue weighted by molar-refractivity contribution is 0.0975. The van der Waals surface area contributed by atoms with E-state index in [9.17, 15) is 9.59 Å². The van der Waals surface area contributed by atoms with Gasteiger partial charge in [-0.1, -0.05) is 73.3 Å². The Kier molecular flexibility index (Phi) is 3.98. The number of ether oxygens (including phenoxy) is 1. The molecule has 0 unspecified atom stereocenters.